The summed E-state index contributed by atoms with van der Waals surface area (Å²) in [6.07, 6.45) is 0.0112. The van der Waals surface area contributed by atoms with Crippen molar-refractivity contribution < 1.29 is 28.9 Å². The van der Waals surface area contributed by atoms with Crippen LogP contribution in [0.1, 0.15) is 41.0 Å². The van der Waals surface area contributed by atoms with E-state index in [1.54, 1.807) is 12.1 Å². The summed E-state index contributed by atoms with van der Waals surface area (Å²) < 4.78 is 17.9. The number of benzene rings is 1. The third-order valence-corrected chi connectivity index (χ3v) is 5.51. The van der Waals surface area contributed by atoms with E-state index >= 15 is 0 Å². The van der Waals surface area contributed by atoms with Crippen LogP contribution in [-0.2, 0) is 14.2 Å². The third-order valence-electron chi connectivity index (χ3n) is 5.51. The Morgan fingerprint density at radius 3 is 2.50 bits per heavy atom. The Balaban J connectivity index is 1.60. The van der Waals surface area contributed by atoms with Crippen molar-refractivity contribution in [3.8, 4) is 0 Å². The molecule has 7 atom stereocenters. The van der Waals surface area contributed by atoms with Crippen LogP contribution >= 0.6 is 0 Å². The molecule has 0 aliphatic carbocycles. The summed E-state index contributed by atoms with van der Waals surface area (Å²) in [6, 6.07) is 6.08. The Labute approximate surface area is 139 Å². The normalized spacial score (nSPS) is 39.7. The molecule has 4 heterocycles. The van der Waals surface area contributed by atoms with Crippen LogP contribution in [-0.4, -0.2) is 47.6 Å². The molecule has 0 amide bonds. The number of carbonyl (C=O) groups is 2. The molecule has 128 valence electrons. The van der Waals surface area contributed by atoms with Crippen LogP contribution in [0.25, 0.3) is 0 Å². The van der Waals surface area contributed by atoms with E-state index in [-0.39, 0.29) is 47.4 Å². The lowest BCUT2D eigenvalue weighted by molar-refractivity contribution is -0.0441. The van der Waals surface area contributed by atoms with E-state index < -0.39 is 18.0 Å². The SMILES string of the molecule is CC1CC2O[C@H]3[C@H](OC(=O)c4ccccc4C(=O)O)[C@@H]1O[C@H]3C2C. The van der Waals surface area contributed by atoms with Crippen molar-refractivity contribution in [2.45, 2.75) is 50.8 Å². The van der Waals surface area contributed by atoms with Gasteiger partial charge < -0.3 is 19.3 Å². The van der Waals surface area contributed by atoms with Gasteiger partial charge in [0.1, 0.15) is 12.2 Å². The molecule has 4 bridgehead atoms. The van der Waals surface area contributed by atoms with Gasteiger partial charge in [0, 0.05) is 5.92 Å². The lowest BCUT2D eigenvalue weighted by atomic mass is 9.86. The molecular formula is C18H20O6. The number of esters is 1. The number of carboxylic acid groups (broad SMARTS) is 1. The molecule has 0 aromatic heterocycles. The maximum absolute atomic E-state index is 12.6. The highest BCUT2D eigenvalue weighted by atomic mass is 16.6. The second-order valence-corrected chi connectivity index (χ2v) is 7.00. The van der Waals surface area contributed by atoms with E-state index in [0.29, 0.717) is 0 Å². The molecule has 6 nitrogen and oxygen atoms in total. The van der Waals surface area contributed by atoms with E-state index in [9.17, 15) is 14.7 Å². The predicted molar refractivity (Wildman–Crippen MR) is 82.9 cm³/mol. The minimum Gasteiger partial charge on any atom is -0.478 e. The molecule has 6 heteroatoms. The molecule has 24 heavy (non-hydrogen) atoms. The fraction of sp³-hybridized carbons (Fsp3) is 0.556. The van der Waals surface area contributed by atoms with Gasteiger partial charge in [-0.15, -0.1) is 0 Å². The van der Waals surface area contributed by atoms with Crippen molar-refractivity contribution in [3.63, 3.8) is 0 Å². The van der Waals surface area contributed by atoms with E-state index in [4.69, 9.17) is 14.2 Å². The van der Waals surface area contributed by atoms with Gasteiger partial charge in [-0.1, -0.05) is 26.0 Å². The number of ether oxygens (including phenoxy) is 3. The molecule has 3 unspecified atom stereocenters. The first-order valence-corrected chi connectivity index (χ1v) is 8.31. The van der Waals surface area contributed by atoms with Crippen molar-refractivity contribution in [1.29, 1.82) is 0 Å². The molecule has 1 aromatic rings. The number of hydrogen-bond acceptors (Lipinski definition) is 5. The molecule has 1 N–H and O–H groups in total. The number of hydrogen-bond donors (Lipinski definition) is 1. The van der Waals surface area contributed by atoms with Crippen molar-refractivity contribution in [1.82, 2.24) is 0 Å². The average Bonchev–Trinajstić information content (AvgIpc) is 2.96. The highest BCUT2D eigenvalue weighted by Crippen LogP contribution is 2.48. The van der Waals surface area contributed by atoms with Crippen molar-refractivity contribution in [2.24, 2.45) is 11.8 Å². The first kappa shape index (κ1) is 15.6. The number of carboxylic acids is 1. The van der Waals surface area contributed by atoms with Crippen molar-refractivity contribution >= 4 is 11.9 Å². The molecule has 5 rings (SSSR count). The van der Waals surface area contributed by atoms with Crippen LogP contribution < -0.4 is 0 Å². The Hall–Kier alpha value is -1.92. The van der Waals surface area contributed by atoms with Crippen LogP contribution in [0, 0.1) is 11.8 Å². The first-order chi connectivity index (χ1) is 11.5. The van der Waals surface area contributed by atoms with Gasteiger partial charge in [0.2, 0.25) is 0 Å². The molecule has 4 fully saturated rings. The second kappa shape index (κ2) is 5.57. The van der Waals surface area contributed by atoms with E-state index in [0.717, 1.165) is 6.42 Å². The number of rotatable bonds is 3. The Kier molecular flexibility index (Phi) is 3.62. The van der Waals surface area contributed by atoms with E-state index in [2.05, 4.69) is 13.8 Å². The van der Waals surface area contributed by atoms with Gasteiger partial charge >= 0.3 is 11.9 Å². The van der Waals surface area contributed by atoms with Gasteiger partial charge in [-0.2, -0.15) is 0 Å². The third kappa shape index (κ3) is 2.24. The van der Waals surface area contributed by atoms with Crippen LogP contribution in [0.4, 0.5) is 0 Å². The lowest BCUT2D eigenvalue weighted by Crippen LogP contribution is -2.38. The van der Waals surface area contributed by atoms with Crippen LogP contribution in [0.2, 0.25) is 0 Å². The molecule has 4 aliphatic heterocycles. The number of carbonyl (C=O) groups excluding carboxylic acids is 1. The standard InChI is InChI=1S/C18H20O6/c1-8-7-12-9(2)14-16(22-12)15(13(8)23-14)24-18(21)11-6-4-3-5-10(11)17(19)20/h3-6,8-9,12-16H,7H2,1-2H3,(H,19,20)/t8?,9?,12?,13-,14+,15-,16-/m1/s1. The molecule has 0 saturated carbocycles. The molecule has 1 aromatic carbocycles. The van der Waals surface area contributed by atoms with E-state index in [1.807, 2.05) is 0 Å². The molecule has 4 saturated heterocycles. The van der Waals surface area contributed by atoms with E-state index in [1.165, 1.54) is 12.1 Å². The lowest BCUT2D eigenvalue weighted by Gasteiger charge is -2.23. The second-order valence-electron chi connectivity index (χ2n) is 7.00. The quantitative estimate of drug-likeness (QED) is 0.854. The zero-order chi connectivity index (χ0) is 17.0. The summed E-state index contributed by atoms with van der Waals surface area (Å²) in [6.45, 7) is 4.18. The first-order valence-electron chi connectivity index (χ1n) is 8.31. The number of aromatic carboxylic acids is 1. The van der Waals surface area contributed by atoms with Crippen LogP contribution in [0.3, 0.4) is 0 Å². The smallest absolute Gasteiger partial charge is 0.339 e. The summed E-state index contributed by atoms with van der Waals surface area (Å²) in [5, 5.41) is 9.25. The Bertz CT molecular complexity index is 684. The fourth-order valence-corrected chi connectivity index (χ4v) is 4.22. The largest absolute Gasteiger partial charge is 0.478 e. The zero-order valence-electron chi connectivity index (χ0n) is 13.5. The highest BCUT2D eigenvalue weighted by molar-refractivity contribution is 6.02. The molecule has 4 aliphatic rings. The van der Waals surface area contributed by atoms with Gasteiger partial charge in [-0.3, -0.25) is 0 Å². The minimum absolute atomic E-state index is 0.0571. The number of fused-ring (bicyclic) bond motifs is 1. The maximum Gasteiger partial charge on any atom is 0.339 e. The van der Waals surface area contributed by atoms with Crippen LogP contribution in [0.15, 0.2) is 24.3 Å². The summed E-state index contributed by atoms with van der Waals surface area (Å²) in [4.78, 5) is 23.9. The van der Waals surface area contributed by atoms with Crippen LogP contribution in [0.5, 0.6) is 0 Å². The summed E-state index contributed by atoms with van der Waals surface area (Å²) in [5.41, 5.74) is -0.00211. The molecule has 0 radical (unpaired) electrons. The molecular weight excluding hydrogens is 312 g/mol. The van der Waals surface area contributed by atoms with Crippen molar-refractivity contribution in [2.75, 3.05) is 0 Å². The average molecular weight is 332 g/mol. The van der Waals surface area contributed by atoms with Gasteiger partial charge in [0.05, 0.1) is 23.3 Å². The van der Waals surface area contributed by atoms with Gasteiger partial charge in [-0.05, 0) is 24.5 Å². The van der Waals surface area contributed by atoms with Gasteiger partial charge in [0.15, 0.2) is 6.10 Å². The van der Waals surface area contributed by atoms with Gasteiger partial charge in [0.25, 0.3) is 0 Å². The fourth-order valence-electron chi connectivity index (χ4n) is 4.22. The van der Waals surface area contributed by atoms with Gasteiger partial charge in [-0.25, -0.2) is 9.59 Å². The highest BCUT2D eigenvalue weighted by Gasteiger charge is 2.60. The minimum atomic E-state index is -1.15. The summed E-state index contributed by atoms with van der Waals surface area (Å²) in [7, 11) is 0. The monoisotopic (exact) mass is 332 g/mol. The summed E-state index contributed by atoms with van der Waals surface area (Å²) in [5.74, 6) is -1.29. The Morgan fingerprint density at radius 1 is 1.08 bits per heavy atom. The summed E-state index contributed by atoms with van der Waals surface area (Å²) >= 11 is 0. The molecule has 0 spiro atoms. The van der Waals surface area contributed by atoms with Crippen molar-refractivity contribution in [3.05, 3.63) is 35.4 Å². The Morgan fingerprint density at radius 2 is 1.79 bits per heavy atom. The zero-order valence-corrected chi connectivity index (χ0v) is 13.5. The maximum atomic E-state index is 12.6. The topological polar surface area (TPSA) is 82.1 Å². The predicted octanol–water partition coefficient (Wildman–Crippen LogP) is 2.12.